The lowest BCUT2D eigenvalue weighted by molar-refractivity contribution is 0.453. The molecule has 1 aliphatic carbocycles. The Hall–Kier alpha value is -0.830. The summed E-state index contributed by atoms with van der Waals surface area (Å²) < 4.78 is 2.28. The fourth-order valence-electron chi connectivity index (χ4n) is 3.21. The number of nitrogens with one attached hydrogen (secondary N) is 1. The van der Waals surface area contributed by atoms with Crippen LogP contribution in [0.3, 0.4) is 0 Å². The minimum Gasteiger partial charge on any atom is -0.310 e. The van der Waals surface area contributed by atoms with Crippen molar-refractivity contribution < 1.29 is 0 Å². The third-order valence-electron chi connectivity index (χ3n) is 3.99. The van der Waals surface area contributed by atoms with Crippen molar-refractivity contribution in [1.82, 2.24) is 15.1 Å². The molecule has 1 heterocycles. The minimum atomic E-state index is 0.412. The van der Waals surface area contributed by atoms with Gasteiger partial charge in [0.2, 0.25) is 0 Å². The Bertz CT molecular complexity index is 375. The monoisotopic (exact) mass is 235 g/mol. The zero-order valence-electron chi connectivity index (χ0n) is 11.6. The smallest absolute Gasteiger partial charge is 0.0644 e. The first kappa shape index (κ1) is 12.6. The first-order valence-corrected chi connectivity index (χ1v) is 6.94. The van der Waals surface area contributed by atoms with E-state index in [4.69, 9.17) is 5.10 Å². The predicted molar refractivity (Wildman–Crippen MR) is 71.3 cm³/mol. The highest BCUT2D eigenvalue weighted by molar-refractivity contribution is 5.28. The molecular weight excluding hydrogens is 210 g/mol. The van der Waals surface area contributed by atoms with Crippen molar-refractivity contribution >= 4 is 0 Å². The van der Waals surface area contributed by atoms with Gasteiger partial charge in [0.05, 0.1) is 11.7 Å². The molecule has 3 heteroatoms. The number of hydrogen-bond acceptors (Lipinski definition) is 2. The van der Waals surface area contributed by atoms with Gasteiger partial charge in [0.15, 0.2) is 0 Å². The van der Waals surface area contributed by atoms with E-state index in [-0.39, 0.29) is 0 Å². The van der Waals surface area contributed by atoms with E-state index >= 15 is 0 Å². The van der Waals surface area contributed by atoms with E-state index in [0.717, 1.165) is 6.54 Å². The van der Waals surface area contributed by atoms with Crippen LogP contribution in [0.15, 0.2) is 0 Å². The van der Waals surface area contributed by atoms with E-state index < -0.39 is 0 Å². The molecule has 3 nitrogen and oxygen atoms in total. The molecule has 2 rings (SSSR count). The summed E-state index contributed by atoms with van der Waals surface area (Å²) in [5.74, 6) is 0. The van der Waals surface area contributed by atoms with Gasteiger partial charge in [-0.1, -0.05) is 19.8 Å². The van der Waals surface area contributed by atoms with Gasteiger partial charge >= 0.3 is 0 Å². The van der Waals surface area contributed by atoms with Crippen LogP contribution in [0.25, 0.3) is 0 Å². The summed E-state index contributed by atoms with van der Waals surface area (Å²) in [6.07, 6.45) is 5.33. The number of nitrogens with zero attached hydrogens (tertiary/aromatic N) is 2. The molecule has 0 aliphatic heterocycles. The first-order valence-electron chi connectivity index (χ1n) is 6.94. The molecule has 0 radical (unpaired) electrons. The Balaban J connectivity index is 2.27. The van der Waals surface area contributed by atoms with E-state index in [1.807, 2.05) is 0 Å². The largest absolute Gasteiger partial charge is 0.310 e. The molecule has 0 spiro atoms. The standard InChI is InChI=1S/C14H25N3/c1-5-15-10(2)14-11(3)16-17(12(14)4)13-8-6-7-9-13/h10,13,15H,5-9H2,1-4H3. The Kier molecular flexibility index (Phi) is 3.87. The number of aromatic nitrogens is 2. The SMILES string of the molecule is CCNC(C)c1c(C)nn(C2CCCC2)c1C. The van der Waals surface area contributed by atoms with E-state index in [9.17, 15) is 0 Å². The normalized spacial score (nSPS) is 18.8. The molecule has 1 aliphatic rings. The number of aryl methyl sites for hydroxylation is 1. The molecule has 1 unspecified atom stereocenters. The third-order valence-corrected chi connectivity index (χ3v) is 3.99. The molecule has 0 saturated heterocycles. The van der Waals surface area contributed by atoms with Gasteiger partial charge in [-0.15, -0.1) is 0 Å². The van der Waals surface area contributed by atoms with Gasteiger partial charge in [0.1, 0.15) is 0 Å². The lowest BCUT2D eigenvalue weighted by atomic mass is 10.1. The average molecular weight is 235 g/mol. The molecule has 1 atom stereocenters. The van der Waals surface area contributed by atoms with Gasteiger partial charge in [-0.05, 0) is 40.2 Å². The molecule has 17 heavy (non-hydrogen) atoms. The Morgan fingerprint density at radius 3 is 2.59 bits per heavy atom. The summed E-state index contributed by atoms with van der Waals surface area (Å²) in [4.78, 5) is 0. The second-order valence-electron chi connectivity index (χ2n) is 5.25. The summed E-state index contributed by atoms with van der Waals surface area (Å²) in [5.41, 5.74) is 3.96. The Labute approximate surface area is 105 Å². The van der Waals surface area contributed by atoms with Crippen LogP contribution in [-0.4, -0.2) is 16.3 Å². The van der Waals surface area contributed by atoms with Gasteiger partial charge < -0.3 is 5.32 Å². The van der Waals surface area contributed by atoms with Crippen molar-refractivity contribution in [3.63, 3.8) is 0 Å². The van der Waals surface area contributed by atoms with Crippen molar-refractivity contribution in [3.05, 3.63) is 17.0 Å². The average Bonchev–Trinajstić information content (AvgIpc) is 2.87. The molecule has 1 aromatic rings. The number of rotatable bonds is 4. The molecule has 0 aromatic carbocycles. The summed E-state index contributed by atoms with van der Waals surface area (Å²) >= 11 is 0. The lowest BCUT2D eigenvalue weighted by Gasteiger charge is -2.15. The maximum atomic E-state index is 4.77. The van der Waals surface area contributed by atoms with Crippen LogP contribution in [0.2, 0.25) is 0 Å². The summed E-state index contributed by atoms with van der Waals surface area (Å²) in [6.45, 7) is 9.76. The second kappa shape index (κ2) is 5.21. The highest BCUT2D eigenvalue weighted by Gasteiger charge is 2.23. The quantitative estimate of drug-likeness (QED) is 0.868. The van der Waals surface area contributed by atoms with Crippen LogP contribution in [0.4, 0.5) is 0 Å². The Morgan fingerprint density at radius 2 is 2.00 bits per heavy atom. The van der Waals surface area contributed by atoms with Crippen molar-refractivity contribution in [1.29, 1.82) is 0 Å². The van der Waals surface area contributed by atoms with E-state index in [1.54, 1.807) is 0 Å². The van der Waals surface area contributed by atoms with Crippen molar-refractivity contribution in [2.45, 2.75) is 65.5 Å². The maximum absolute atomic E-state index is 4.77. The van der Waals surface area contributed by atoms with Gasteiger partial charge in [0.25, 0.3) is 0 Å². The van der Waals surface area contributed by atoms with E-state index in [1.165, 1.54) is 42.6 Å². The molecule has 1 N–H and O–H groups in total. The van der Waals surface area contributed by atoms with Gasteiger partial charge in [-0.3, -0.25) is 4.68 Å². The van der Waals surface area contributed by atoms with Crippen LogP contribution >= 0.6 is 0 Å². The second-order valence-corrected chi connectivity index (χ2v) is 5.25. The summed E-state index contributed by atoms with van der Waals surface area (Å²) in [6, 6.07) is 1.06. The zero-order chi connectivity index (χ0) is 12.4. The molecular formula is C14H25N3. The summed E-state index contributed by atoms with van der Waals surface area (Å²) in [7, 11) is 0. The molecule has 96 valence electrons. The molecule has 1 aromatic heterocycles. The topological polar surface area (TPSA) is 29.9 Å². The number of hydrogen-bond donors (Lipinski definition) is 1. The van der Waals surface area contributed by atoms with Crippen molar-refractivity contribution in [2.24, 2.45) is 0 Å². The van der Waals surface area contributed by atoms with Crippen LogP contribution in [0.5, 0.6) is 0 Å². The molecule has 0 amide bonds. The highest BCUT2D eigenvalue weighted by atomic mass is 15.3. The van der Waals surface area contributed by atoms with Crippen molar-refractivity contribution in [2.75, 3.05) is 6.54 Å². The first-order chi connectivity index (χ1) is 8.15. The van der Waals surface area contributed by atoms with E-state index in [2.05, 4.69) is 37.7 Å². The van der Waals surface area contributed by atoms with Crippen LogP contribution in [0.1, 0.15) is 68.6 Å². The Morgan fingerprint density at radius 1 is 1.35 bits per heavy atom. The van der Waals surface area contributed by atoms with Gasteiger partial charge in [-0.2, -0.15) is 5.10 Å². The van der Waals surface area contributed by atoms with Crippen LogP contribution < -0.4 is 5.32 Å². The highest BCUT2D eigenvalue weighted by Crippen LogP contribution is 2.32. The fraction of sp³-hybridized carbons (Fsp3) is 0.786. The zero-order valence-corrected chi connectivity index (χ0v) is 11.6. The van der Waals surface area contributed by atoms with E-state index in [0.29, 0.717) is 12.1 Å². The minimum absolute atomic E-state index is 0.412. The lowest BCUT2D eigenvalue weighted by Crippen LogP contribution is -2.19. The van der Waals surface area contributed by atoms with Gasteiger partial charge in [0, 0.05) is 17.3 Å². The molecule has 1 saturated carbocycles. The van der Waals surface area contributed by atoms with Crippen LogP contribution in [-0.2, 0) is 0 Å². The fourth-order valence-corrected chi connectivity index (χ4v) is 3.21. The van der Waals surface area contributed by atoms with Crippen molar-refractivity contribution in [3.8, 4) is 0 Å². The van der Waals surface area contributed by atoms with Gasteiger partial charge in [-0.25, -0.2) is 0 Å². The van der Waals surface area contributed by atoms with Crippen LogP contribution in [0, 0.1) is 13.8 Å². The summed E-state index contributed by atoms with van der Waals surface area (Å²) in [5, 5.41) is 8.27. The molecule has 0 bridgehead atoms. The predicted octanol–water partition coefficient (Wildman–Crippen LogP) is 3.29. The molecule has 1 fully saturated rings. The maximum Gasteiger partial charge on any atom is 0.0644 e. The third kappa shape index (κ3) is 2.39.